The van der Waals surface area contributed by atoms with Crippen LogP contribution >= 0.6 is 34.8 Å². The number of amides is 4. The Morgan fingerprint density at radius 1 is 1.20 bits per heavy atom. The number of aliphatic imine (C=N–C) groups is 1. The molecular weight excluding hydrogens is 657 g/mol. The topological polar surface area (TPSA) is 194 Å². The molecule has 4 heterocycles. The highest BCUT2D eigenvalue weighted by molar-refractivity contribution is 6.67. The van der Waals surface area contributed by atoms with E-state index in [9.17, 15) is 29.4 Å². The second kappa shape index (κ2) is 11.7. The van der Waals surface area contributed by atoms with E-state index in [2.05, 4.69) is 32.8 Å². The molecule has 5 rings (SSSR count). The minimum Gasteiger partial charge on any atom is -0.496 e. The van der Waals surface area contributed by atoms with Gasteiger partial charge in [0, 0.05) is 24.9 Å². The van der Waals surface area contributed by atoms with Gasteiger partial charge in [0.05, 0.1) is 31.6 Å². The Labute approximate surface area is 272 Å². The first-order chi connectivity index (χ1) is 21.0. The van der Waals surface area contributed by atoms with Crippen molar-refractivity contribution in [1.29, 1.82) is 0 Å². The van der Waals surface area contributed by atoms with E-state index in [1.54, 1.807) is 6.07 Å². The van der Waals surface area contributed by atoms with Crippen molar-refractivity contribution in [1.82, 2.24) is 31.1 Å². The number of aryl methyl sites for hydroxylation is 1. The quantitative estimate of drug-likeness (QED) is 0.135. The predicted octanol–water partition coefficient (Wildman–Crippen LogP) is 0.119. The first-order valence-corrected chi connectivity index (χ1v) is 15.0. The van der Waals surface area contributed by atoms with Crippen LogP contribution in [0.4, 0.5) is 4.79 Å². The summed E-state index contributed by atoms with van der Waals surface area (Å²) in [5.41, 5.74) is -0.112. The highest BCUT2D eigenvalue weighted by Crippen LogP contribution is 2.45. The van der Waals surface area contributed by atoms with E-state index in [0.29, 0.717) is 5.75 Å². The van der Waals surface area contributed by atoms with Gasteiger partial charge in [0.25, 0.3) is 5.91 Å². The number of carbonyl (C=O) groups is 4. The number of aliphatic hydroxyl groups is 2. The van der Waals surface area contributed by atoms with Gasteiger partial charge in [-0.15, -0.1) is 0 Å². The van der Waals surface area contributed by atoms with Crippen LogP contribution < -0.4 is 26.0 Å². The van der Waals surface area contributed by atoms with Crippen LogP contribution in [-0.4, -0.2) is 110 Å². The van der Waals surface area contributed by atoms with Gasteiger partial charge in [-0.25, -0.2) is 9.79 Å². The number of nitrogens with one attached hydrogen (secondary N) is 4. The number of imide groups is 1. The fourth-order valence-electron chi connectivity index (χ4n) is 6.13. The fourth-order valence-corrected chi connectivity index (χ4v) is 6.30. The summed E-state index contributed by atoms with van der Waals surface area (Å²) in [5, 5.41) is 34.9. The number of guanidine groups is 1. The van der Waals surface area contributed by atoms with Crippen LogP contribution in [0.3, 0.4) is 0 Å². The Morgan fingerprint density at radius 3 is 2.49 bits per heavy atom. The standard InChI is InChI=1S/C27H32Cl3N7O8/c1-12-7-15(8-17(44-4)13(12)2)22(40)33-18-10-37-23(34-24(41)45-11-25(28,29)30)32-16(9-36-19(38)5-6-20(36)39)21-26(37,27(18,42)43)35-14(3)31-21/h7-8,16,18,21,31,35,42-43H,3,5-6,9-11H2,1-2,4H3,(H,33,40)(H,32,34,41)/t16-,18-,21-,26-/m0/s1. The van der Waals surface area contributed by atoms with Gasteiger partial charge in [-0.3, -0.25) is 24.6 Å². The minimum absolute atomic E-state index is 0.0192. The average molecular weight is 689 g/mol. The molecule has 1 aromatic rings. The Hall–Kier alpha value is -3.50. The van der Waals surface area contributed by atoms with Crippen molar-refractivity contribution in [2.24, 2.45) is 4.99 Å². The summed E-state index contributed by atoms with van der Waals surface area (Å²) in [6.45, 7) is 6.35. The van der Waals surface area contributed by atoms with Crippen molar-refractivity contribution in [2.75, 3.05) is 26.8 Å². The van der Waals surface area contributed by atoms with Crippen LogP contribution in [0.25, 0.3) is 0 Å². The lowest BCUT2D eigenvalue weighted by Crippen LogP contribution is -2.78. The monoisotopic (exact) mass is 687 g/mol. The van der Waals surface area contributed by atoms with Crippen LogP contribution in [-0.2, 0) is 14.3 Å². The predicted molar refractivity (Wildman–Crippen MR) is 161 cm³/mol. The summed E-state index contributed by atoms with van der Waals surface area (Å²) >= 11 is 17.1. The Bertz CT molecular complexity index is 1480. The molecule has 0 unspecified atom stereocenters. The van der Waals surface area contributed by atoms with Gasteiger partial charge in [0.15, 0.2) is 5.66 Å². The van der Waals surface area contributed by atoms with E-state index in [0.717, 1.165) is 16.0 Å². The van der Waals surface area contributed by atoms with Crippen molar-refractivity contribution in [3.05, 3.63) is 41.2 Å². The SMILES string of the molecule is C=C1N[C@H]2[C@H](CN3C(=O)CCC3=O)N=C(NC(=O)OCC(Cl)(Cl)Cl)N3C[C@H](NC(=O)c4cc(C)c(C)c(OC)c4)C(O)(O)[C@]23N1. The molecule has 0 aliphatic carbocycles. The van der Waals surface area contributed by atoms with E-state index in [4.69, 9.17) is 44.3 Å². The molecule has 3 saturated heterocycles. The number of carbonyl (C=O) groups excluding carboxylic acids is 4. The smallest absolute Gasteiger partial charge is 0.414 e. The molecule has 3 fully saturated rings. The van der Waals surface area contributed by atoms with Crippen molar-refractivity contribution in [2.45, 2.75) is 60.1 Å². The molecule has 6 N–H and O–H groups in total. The molecule has 1 aromatic carbocycles. The molecule has 4 atom stereocenters. The summed E-state index contributed by atoms with van der Waals surface area (Å²) in [5.74, 6) is -3.86. The Morgan fingerprint density at radius 2 is 1.87 bits per heavy atom. The normalized spacial score (nSPS) is 26.9. The van der Waals surface area contributed by atoms with Gasteiger partial charge in [-0.2, -0.15) is 0 Å². The van der Waals surface area contributed by atoms with Crippen molar-refractivity contribution in [3.63, 3.8) is 0 Å². The van der Waals surface area contributed by atoms with Crippen LogP contribution in [0.2, 0.25) is 0 Å². The number of alkyl halides is 3. The summed E-state index contributed by atoms with van der Waals surface area (Å²) in [6, 6.07) is -0.297. The van der Waals surface area contributed by atoms with Gasteiger partial charge >= 0.3 is 6.09 Å². The molecular formula is C27H32Cl3N7O8. The zero-order valence-corrected chi connectivity index (χ0v) is 26.7. The van der Waals surface area contributed by atoms with Crippen molar-refractivity contribution < 1.29 is 38.9 Å². The molecule has 18 heteroatoms. The first kappa shape index (κ1) is 32.9. The molecule has 15 nitrogen and oxygen atoms in total. The van der Waals surface area contributed by atoms with Gasteiger partial charge in [-0.1, -0.05) is 41.4 Å². The lowest BCUT2D eigenvalue weighted by atomic mass is 9.85. The molecule has 0 radical (unpaired) electrons. The van der Waals surface area contributed by atoms with Gasteiger partial charge in [0.2, 0.25) is 27.4 Å². The molecule has 244 valence electrons. The maximum absolute atomic E-state index is 13.5. The van der Waals surface area contributed by atoms with E-state index < -0.39 is 63.8 Å². The minimum atomic E-state index is -2.77. The average Bonchev–Trinajstić information content (AvgIpc) is 3.55. The second-order valence-corrected chi connectivity index (χ2v) is 13.7. The summed E-state index contributed by atoms with van der Waals surface area (Å²) in [4.78, 5) is 58.2. The lowest BCUT2D eigenvalue weighted by molar-refractivity contribution is -0.231. The van der Waals surface area contributed by atoms with Crippen LogP contribution in [0, 0.1) is 13.8 Å². The third-order valence-corrected chi connectivity index (χ3v) is 8.73. The van der Waals surface area contributed by atoms with Gasteiger partial charge in [-0.05, 0) is 37.1 Å². The number of halogens is 3. The van der Waals surface area contributed by atoms with Crippen LogP contribution in [0.5, 0.6) is 5.75 Å². The number of hydrogen-bond donors (Lipinski definition) is 6. The molecule has 1 spiro atoms. The lowest BCUT2D eigenvalue weighted by Gasteiger charge is -2.49. The van der Waals surface area contributed by atoms with Gasteiger partial charge < -0.3 is 40.5 Å². The number of methoxy groups -OCH3 is 1. The van der Waals surface area contributed by atoms with E-state index in [-0.39, 0.29) is 43.3 Å². The zero-order valence-electron chi connectivity index (χ0n) is 24.4. The number of hydrogen-bond acceptors (Lipinski definition) is 12. The Kier molecular flexibility index (Phi) is 8.55. The number of ether oxygens (including phenoxy) is 2. The molecule has 0 saturated carbocycles. The first-order valence-electron chi connectivity index (χ1n) is 13.8. The molecule has 0 aromatic heterocycles. The number of alkyl carbamates (subject to hydrolysis) is 1. The van der Waals surface area contributed by atoms with Crippen LogP contribution in [0.15, 0.2) is 29.5 Å². The van der Waals surface area contributed by atoms with E-state index in [1.807, 2.05) is 13.8 Å². The summed E-state index contributed by atoms with van der Waals surface area (Å²) < 4.78 is 8.47. The molecule has 4 aliphatic rings. The van der Waals surface area contributed by atoms with Gasteiger partial charge in [0.1, 0.15) is 18.4 Å². The molecule has 0 bridgehead atoms. The Balaban J connectivity index is 1.51. The largest absolute Gasteiger partial charge is 0.496 e. The van der Waals surface area contributed by atoms with E-state index in [1.165, 1.54) is 18.1 Å². The third-order valence-electron chi connectivity index (χ3n) is 8.40. The fraction of sp³-hybridized carbons (Fsp3) is 0.519. The zero-order chi connectivity index (χ0) is 33.1. The number of benzene rings is 1. The molecule has 45 heavy (non-hydrogen) atoms. The maximum atomic E-state index is 13.5. The van der Waals surface area contributed by atoms with E-state index >= 15 is 0 Å². The number of rotatable bonds is 6. The maximum Gasteiger partial charge on any atom is 0.414 e. The number of nitrogens with zero attached hydrogens (tertiary/aromatic N) is 3. The highest BCUT2D eigenvalue weighted by Gasteiger charge is 2.74. The highest BCUT2D eigenvalue weighted by atomic mass is 35.6. The van der Waals surface area contributed by atoms with Crippen LogP contribution in [0.1, 0.15) is 34.3 Å². The summed E-state index contributed by atoms with van der Waals surface area (Å²) in [7, 11) is 1.47. The van der Waals surface area contributed by atoms with Crippen molar-refractivity contribution >= 4 is 64.6 Å². The van der Waals surface area contributed by atoms with Crippen molar-refractivity contribution in [3.8, 4) is 5.75 Å². The molecule has 4 amide bonds. The summed E-state index contributed by atoms with van der Waals surface area (Å²) in [6.07, 6.45) is -1.06. The molecule has 4 aliphatic heterocycles. The number of likely N-dealkylation sites (tertiary alicyclic amines) is 1. The second-order valence-electron chi connectivity index (χ2n) is 11.2. The third kappa shape index (κ3) is 5.83.